The summed E-state index contributed by atoms with van der Waals surface area (Å²) in [6.45, 7) is 0. The predicted octanol–water partition coefficient (Wildman–Crippen LogP) is 3.76. The van der Waals surface area contributed by atoms with E-state index in [4.69, 9.17) is 4.74 Å². The van der Waals surface area contributed by atoms with Crippen LogP contribution in [-0.2, 0) is 0 Å². The number of benzene rings is 2. The van der Waals surface area contributed by atoms with Gasteiger partial charge in [0.05, 0.1) is 14.7 Å². The maximum absolute atomic E-state index is 11.1. The summed E-state index contributed by atoms with van der Waals surface area (Å²) < 4.78 is 5.56. The minimum atomic E-state index is -0.764. The van der Waals surface area contributed by atoms with Crippen LogP contribution >= 0.6 is 11.8 Å². The summed E-state index contributed by atoms with van der Waals surface area (Å²) in [5.74, 6) is 0.833. The lowest BCUT2D eigenvalue weighted by molar-refractivity contribution is -0.424. The Kier molecular flexibility index (Phi) is 2.79. The topological polar surface area (TPSA) is 95.5 Å². The molecule has 0 unspecified atom stereocenters. The van der Waals surface area contributed by atoms with Gasteiger partial charge in [-0.3, -0.25) is 20.2 Å². The third kappa shape index (κ3) is 1.86. The van der Waals surface area contributed by atoms with Crippen LogP contribution in [0.2, 0.25) is 0 Å². The molecule has 0 saturated heterocycles. The van der Waals surface area contributed by atoms with Gasteiger partial charge in [0.2, 0.25) is 0 Å². The number of hydrogen-bond acceptors (Lipinski definition) is 6. The summed E-state index contributed by atoms with van der Waals surface area (Å²) in [6, 6.07) is 9.49. The average Bonchev–Trinajstić information content (AvgIpc) is 2.43. The number of nitro benzene ring substituents is 2. The fraction of sp³-hybridized carbons (Fsp3) is 0. The minimum Gasteiger partial charge on any atom is -0.455 e. The fourth-order valence-corrected chi connectivity index (χ4v) is 2.96. The zero-order valence-electron chi connectivity index (χ0n) is 9.81. The first-order valence-electron chi connectivity index (χ1n) is 5.48. The zero-order valence-corrected chi connectivity index (χ0v) is 10.6. The zero-order chi connectivity index (χ0) is 14.3. The van der Waals surface area contributed by atoms with Gasteiger partial charge in [0.15, 0.2) is 0 Å². The van der Waals surface area contributed by atoms with Crippen molar-refractivity contribution in [3.8, 4) is 11.5 Å². The molecule has 1 aliphatic heterocycles. The van der Waals surface area contributed by atoms with Crippen molar-refractivity contribution in [3.05, 3.63) is 56.6 Å². The molecule has 2 aromatic rings. The molecule has 2 aromatic carbocycles. The number of nitro groups is 2. The molecule has 0 fully saturated rings. The van der Waals surface area contributed by atoms with Crippen LogP contribution in [0.4, 0.5) is 11.4 Å². The highest BCUT2D eigenvalue weighted by molar-refractivity contribution is 7.99. The van der Waals surface area contributed by atoms with Crippen LogP contribution in [0.25, 0.3) is 0 Å². The molecule has 1 heterocycles. The number of hydrogen-bond donors (Lipinski definition) is 0. The molecule has 0 aliphatic carbocycles. The first-order chi connectivity index (χ1) is 9.58. The van der Waals surface area contributed by atoms with Crippen LogP contribution in [0, 0.1) is 20.2 Å². The Hall–Kier alpha value is -2.61. The molecule has 3 rings (SSSR count). The van der Waals surface area contributed by atoms with Crippen molar-refractivity contribution in [1.82, 2.24) is 0 Å². The Morgan fingerprint density at radius 2 is 1.70 bits per heavy atom. The molecule has 0 aromatic heterocycles. The summed E-state index contributed by atoms with van der Waals surface area (Å²) in [7, 11) is 0. The molecule has 7 nitrogen and oxygen atoms in total. The molecule has 0 N–H and O–H groups in total. The number of fused-ring (bicyclic) bond motifs is 2. The second kappa shape index (κ2) is 4.49. The van der Waals surface area contributed by atoms with Crippen molar-refractivity contribution < 1.29 is 14.6 Å². The van der Waals surface area contributed by atoms with E-state index >= 15 is 0 Å². The van der Waals surface area contributed by atoms with E-state index in [0.717, 1.165) is 17.8 Å². The van der Waals surface area contributed by atoms with E-state index in [2.05, 4.69) is 0 Å². The van der Waals surface area contributed by atoms with Crippen molar-refractivity contribution in [2.24, 2.45) is 0 Å². The van der Waals surface area contributed by atoms with Gasteiger partial charge in [0, 0.05) is 6.07 Å². The van der Waals surface area contributed by atoms with Crippen LogP contribution in [0.15, 0.2) is 46.2 Å². The van der Waals surface area contributed by atoms with Gasteiger partial charge in [-0.25, -0.2) is 0 Å². The molecule has 8 heteroatoms. The van der Waals surface area contributed by atoms with E-state index in [1.165, 1.54) is 6.07 Å². The number of nitrogens with zero attached hydrogens (tertiary/aromatic N) is 2. The number of para-hydroxylation sites is 1. The third-order valence-corrected chi connectivity index (χ3v) is 3.89. The quantitative estimate of drug-likeness (QED) is 0.526. The highest BCUT2D eigenvalue weighted by atomic mass is 32.2. The lowest BCUT2D eigenvalue weighted by Gasteiger charge is -2.18. The maximum atomic E-state index is 11.1. The van der Waals surface area contributed by atoms with Crippen LogP contribution in [0.5, 0.6) is 11.5 Å². The van der Waals surface area contributed by atoms with Gasteiger partial charge in [0.25, 0.3) is 0 Å². The first-order valence-corrected chi connectivity index (χ1v) is 6.30. The highest BCUT2D eigenvalue weighted by Gasteiger charge is 2.34. The van der Waals surface area contributed by atoms with E-state index in [1.54, 1.807) is 24.3 Å². The van der Waals surface area contributed by atoms with Gasteiger partial charge >= 0.3 is 11.4 Å². The van der Waals surface area contributed by atoms with E-state index < -0.39 is 21.2 Å². The molecule has 100 valence electrons. The number of rotatable bonds is 2. The second-order valence-electron chi connectivity index (χ2n) is 3.93. The molecule has 20 heavy (non-hydrogen) atoms. The second-order valence-corrected chi connectivity index (χ2v) is 4.98. The van der Waals surface area contributed by atoms with Crippen LogP contribution in [0.3, 0.4) is 0 Å². The smallest absolute Gasteiger partial charge is 0.363 e. The summed E-state index contributed by atoms with van der Waals surface area (Å²) in [6.07, 6.45) is 0. The normalized spacial score (nSPS) is 12.0. The Morgan fingerprint density at radius 1 is 0.950 bits per heavy atom. The first kappa shape index (κ1) is 12.4. The van der Waals surface area contributed by atoms with Gasteiger partial charge in [0.1, 0.15) is 16.4 Å². The Balaban J connectivity index is 2.21. The lowest BCUT2D eigenvalue weighted by atomic mass is 10.2. The molecule has 1 aliphatic rings. The molecule has 0 amide bonds. The average molecular weight is 290 g/mol. The Bertz CT molecular complexity index is 747. The fourth-order valence-electron chi connectivity index (χ4n) is 1.89. The third-order valence-electron chi connectivity index (χ3n) is 2.73. The lowest BCUT2D eigenvalue weighted by Crippen LogP contribution is -2.02. The van der Waals surface area contributed by atoms with Gasteiger partial charge in [-0.1, -0.05) is 23.9 Å². The van der Waals surface area contributed by atoms with Crippen molar-refractivity contribution in [2.75, 3.05) is 0 Å². The molecule has 0 saturated carbocycles. The van der Waals surface area contributed by atoms with Crippen molar-refractivity contribution >= 4 is 23.1 Å². The van der Waals surface area contributed by atoms with E-state index in [9.17, 15) is 20.2 Å². The van der Waals surface area contributed by atoms with Crippen molar-refractivity contribution in [1.29, 1.82) is 0 Å². The van der Waals surface area contributed by atoms with Crippen molar-refractivity contribution in [2.45, 2.75) is 9.79 Å². The van der Waals surface area contributed by atoms with Crippen LogP contribution < -0.4 is 4.74 Å². The number of ether oxygens (including phenoxy) is 1. The standard InChI is InChI=1S/C12H6N2O5S/c15-13(16)7-5-6-9-12(11(7)14(17)18)20-10-4-2-1-3-8(10)19-9/h1-6H. The van der Waals surface area contributed by atoms with Crippen molar-refractivity contribution in [3.63, 3.8) is 0 Å². The molecule has 0 bridgehead atoms. The molecule has 0 spiro atoms. The van der Waals surface area contributed by atoms with Gasteiger partial charge in [-0.15, -0.1) is 0 Å². The summed E-state index contributed by atoms with van der Waals surface area (Å²) >= 11 is 1.10. The summed E-state index contributed by atoms with van der Waals surface area (Å²) in [4.78, 5) is 21.4. The highest BCUT2D eigenvalue weighted by Crippen LogP contribution is 2.52. The predicted molar refractivity (Wildman–Crippen MR) is 70.4 cm³/mol. The van der Waals surface area contributed by atoms with E-state index in [0.29, 0.717) is 10.6 Å². The maximum Gasteiger partial charge on any atom is 0.363 e. The minimum absolute atomic E-state index is 0.155. The van der Waals surface area contributed by atoms with Crippen LogP contribution in [0.1, 0.15) is 0 Å². The van der Waals surface area contributed by atoms with Gasteiger partial charge in [-0.05, 0) is 18.2 Å². The largest absolute Gasteiger partial charge is 0.455 e. The molecule has 0 atom stereocenters. The summed E-state index contributed by atoms with van der Waals surface area (Å²) in [5.41, 5.74) is -1.07. The van der Waals surface area contributed by atoms with Crippen LogP contribution in [-0.4, -0.2) is 9.85 Å². The van der Waals surface area contributed by atoms with Gasteiger partial charge in [-0.2, -0.15) is 0 Å². The SMILES string of the molecule is O=[N+]([O-])c1ccc2c(c1[N+](=O)[O-])Sc1ccccc1O2. The Morgan fingerprint density at radius 3 is 2.40 bits per heavy atom. The van der Waals surface area contributed by atoms with Gasteiger partial charge < -0.3 is 4.74 Å². The Labute approximate surface area is 116 Å². The van der Waals surface area contributed by atoms with E-state index in [1.807, 2.05) is 0 Å². The molecular formula is C12H6N2O5S. The molecular weight excluding hydrogens is 284 g/mol. The summed E-state index contributed by atoms with van der Waals surface area (Å²) in [5, 5.41) is 22.1. The monoisotopic (exact) mass is 290 g/mol. The molecule has 0 radical (unpaired) electrons. The van der Waals surface area contributed by atoms with E-state index in [-0.39, 0.29) is 10.6 Å².